The number of piperidine rings is 1. The Bertz CT molecular complexity index is 1460. The number of aliphatic hydroxyl groups excluding tert-OH is 1. The van der Waals surface area contributed by atoms with Gasteiger partial charge in [0.25, 0.3) is 0 Å². The number of hydrogen-bond acceptors (Lipinski definition) is 8. The summed E-state index contributed by atoms with van der Waals surface area (Å²) in [7, 11) is -0.445. The van der Waals surface area contributed by atoms with Crippen LogP contribution in [0.3, 0.4) is 0 Å². The van der Waals surface area contributed by atoms with Gasteiger partial charge in [-0.3, -0.25) is 0 Å². The van der Waals surface area contributed by atoms with Crippen molar-refractivity contribution in [1.29, 1.82) is 0 Å². The van der Waals surface area contributed by atoms with Crippen LogP contribution >= 0.6 is 0 Å². The van der Waals surface area contributed by atoms with Crippen LogP contribution in [0.5, 0.6) is 5.75 Å². The second-order valence-corrected chi connectivity index (χ2v) is 13.5. The Kier molecular flexibility index (Phi) is 10.9. The van der Waals surface area contributed by atoms with Crippen LogP contribution in [0.2, 0.25) is 0 Å². The van der Waals surface area contributed by atoms with Gasteiger partial charge >= 0.3 is 0 Å². The lowest BCUT2D eigenvalue weighted by Gasteiger charge is -2.41. The van der Waals surface area contributed by atoms with E-state index < -0.39 is 28.1 Å². The molecule has 0 spiro atoms. The molecule has 3 aromatic carbocycles. The van der Waals surface area contributed by atoms with Gasteiger partial charge in [0.05, 0.1) is 42.5 Å². The first-order chi connectivity index (χ1) is 21.3. The molecule has 3 atom stereocenters. The van der Waals surface area contributed by atoms with E-state index in [1.54, 1.807) is 38.5 Å². The van der Waals surface area contributed by atoms with Gasteiger partial charge in [-0.25, -0.2) is 8.42 Å². The summed E-state index contributed by atoms with van der Waals surface area (Å²) in [5, 5.41) is 11.5. The number of aliphatic hydroxyl groups is 1. The van der Waals surface area contributed by atoms with Crippen molar-refractivity contribution in [3.63, 3.8) is 0 Å². The molecule has 9 nitrogen and oxygen atoms in total. The maximum absolute atomic E-state index is 13.7. The lowest BCUT2D eigenvalue weighted by molar-refractivity contribution is -0.0534. The van der Waals surface area contributed by atoms with Gasteiger partial charge in [-0.1, -0.05) is 48.0 Å². The summed E-state index contributed by atoms with van der Waals surface area (Å²) in [6.07, 6.45) is 0.172. The monoisotopic (exact) mass is 624 g/mol. The molecule has 238 valence electrons. The zero-order valence-corrected chi connectivity index (χ0v) is 26.7. The summed E-state index contributed by atoms with van der Waals surface area (Å²) in [4.78, 5) is 2.51. The Morgan fingerprint density at radius 3 is 2.39 bits per heavy atom. The van der Waals surface area contributed by atoms with Crippen LogP contribution in [0, 0.1) is 6.92 Å². The van der Waals surface area contributed by atoms with E-state index in [-0.39, 0.29) is 24.6 Å². The first-order valence-electron chi connectivity index (χ1n) is 15.2. The summed E-state index contributed by atoms with van der Waals surface area (Å²) in [5.74, 6) is 0.440. The van der Waals surface area contributed by atoms with E-state index >= 15 is 0 Å². The summed E-state index contributed by atoms with van der Waals surface area (Å²) in [6, 6.07) is 20.9. The summed E-state index contributed by atoms with van der Waals surface area (Å²) in [6.45, 7) is 5.89. The molecule has 0 aromatic heterocycles. The molecule has 2 heterocycles. The molecular formula is C34H44N2O7S. The molecule has 0 amide bonds. The third-order valence-electron chi connectivity index (χ3n) is 8.43. The van der Waals surface area contributed by atoms with Crippen molar-refractivity contribution in [1.82, 2.24) is 4.31 Å². The smallest absolute Gasteiger partial charge is 0.243 e. The predicted molar refractivity (Wildman–Crippen MR) is 170 cm³/mol. The largest absolute Gasteiger partial charge is 0.490 e. The molecule has 1 fully saturated rings. The number of β-amino-alcohol motifs (C(OH)–C–C–N with tert-alkyl or cyclic N) is 1. The Balaban J connectivity index is 1.39. The fourth-order valence-corrected chi connectivity index (χ4v) is 7.45. The maximum atomic E-state index is 13.7. The zero-order chi connectivity index (χ0) is 31.1. The lowest BCUT2D eigenvalue weighted by atomic mass is 9.85. The van der Waals surface area contributed by atoms with Gasteiger partial charge in [0, 0.05) is 46.4 Å². The minimum absolute atomic E-state index is 0.0151. The van der Waals surface area contributed by atoms with E-state index in [0.29, 0.717) is 19.8 Å². The highest BCUT2D eigenvalue weighted by Crippen LogP contribution is 2.36. The number of fused-ring (bicyclic) bond motifs is 1. The van der Waals surface area contributed by atoms with Gasteiger partial charge in [0.1, 0.15) is 12.4 Å². The summed E-state index contributed by atoms with van der Waals surface area (Å²) >= 11 is 0. The number of hydrogen-bond donors (Lipinski definition) is 1. The Morgan fingerprint density at radius 2 is 1.66 bits per heavy atom. The molecule has 0 saturated carbocycles. The van der Waals surface area contributed by atoms with Crippen LogP contribution in [-0.2, 0) is 37.3 Å². The standard InChI is InChI=1S/C34H44N2O7S/c1-25-5-12-29(13-6-25)44(38,39)36-22-31(37)34(28-10-7-26(8-11-28)15-19-41-3)33(23-36)43-24-27-9-14-32-30(21-27)35(17-20-42-32)16-4-18-40-2/h5-14,21,31,33-34,37H,4,15-20,22-24H2,1-3H3/t31-,33+,34+/m1/s1. The molecule has 0 aliphatic carbocycles. The minimum atomic E-state index is -3.83. The number of rotatable bonds is 13. The number of sulfonamides is 1. The van der Waals surface area contributed by atoms with Crippen molar-refractivity contribution in [2.24, 2.45) is 0 Å². The van der Waals surface area contributed by atoms with E-state index in [1.165, 1.54) is 4.31 Å². The van der Waals surface area contributed by atoms with Crippen molar-refractivity contribution in [2.45, 2.75) is 49.4 Å². The third-order valence-corrected chi connectivity index (χ3v) is 10.3. The quantitative estimate of drug-likeness (QED) is 0.284. The van der Waals surface area contributed by atoms with Gasteiger partial charge in [0.15, 0.2) is 0 Å². The number of nitrogens with zero attached hydrogens (tertiary/aromatic N) is 2. The van der Waals surface area contributed by atoms with Crippen LogP contribution in [0.15, 0.2) is 71.6 Å². The highest BCUT2D eigenvalue weighted by atomic mass is 32.2. The molecule has 0 bridgehead atoms. The third kappa shape index (κ3) is 7.62. The Labute approximate surface area is 261 Å². The van der Waals surface area contributed by atoms with Crippen molar-refractivity contribution >= 4 is 15.7 Å². The van der Waals surface area contributed by atoms with E-state index in [9.17, 15) is 13.5 Å². The molecule has 10 heteroatoms. The molecule has 1 N–H and O–H groups in total. The number of aryl methyl sites for hydroxylation is 1. The zero-order valence-electron chi connectivity index (χ0n) is 25.9. The van der Waals surface area contributed by atoms with Crippen LogP contribution in [-0.4, -0.2) is 90.3 Å². The lowest BCUT2D eigenvalue weighted by Crippen LogP contribution is -2.53. The molecule has 2 aliphatic heterocycles. The second kappa shape index (κ2) is 14.9. The number of benzene rings is 3. The van der Waals surface area contributed by atoms with E-state index in [0.717, 1.165) is 59.6 Å². The van der Waals surface area contributed by atoms with Crippen LogP contribution < -0.4 is 9.64 Å². The molecule has 0 unspecified atom stereocenters. The first-order valence-corrected chi connectivity index (χ1v) is 16.7. The molecule has 1 saturated heterocycles. The van der Waals surface area contributed by atoms with E-state index in [4.69, 9.17) is 18.9 Å². The molecule has 5 rings (SSSR count). The Morgan fingerprint density at radius 1 is 0.932 bits per heavy atom. The van der Waals surface area contributed by atoms with Crippen LogP contribution in [0.4, 0.5) is 5.69 Å². The topological polar surface area (TPSA) is 97.8 Å². The maximum Gasteiger partial charge on any atom is 0.243 e. The summed E-state index contributed by atoms with van der Waals surface area (Å²) < 4.78 is 51.6. The average Bonchev–Trinajstić information content (AvgIpc) is 3.03. The van der Waals surface area contributed by atoms with Crippen molar-refractivity contribution in [2.75, 3.05) is 65.1 Å². The molecule has 2 aliphatic rings. The average molecular weight is 625 g/mol. The number of anilines is 1. The fourth-order valence-electron chi connectivity index (χ4n) is 5.98. The van der Waals surface area contributed by atoms with Gasteiger partial charge in [-0.2, -0.15) is 4.31 Å². The Hall–Kier alpha value is -2.99. The van der Waals surface area contributed by atoms with Gasteiger partial charge in [0.2, 0.25) is 10.0 Å². The summed E-state index contributed by atoms with van der Waals surface area (Å²) in [5.41, 5.74) is 5.00. The van der Waals surface area contributed by atoms with E-state index in [2.05, 4.69) is 11.0 Å². The van der Waals surface area contributed by atoms with Crippen molar-refractivity contribution in [3.05, 3.63) is 89.0 Å². The van der Waals surface area contributed by atoms with Crippen LogP contribution in [0.25, 0.3) is 0 Å². The van der Waals surface area contributed by atoms with E-state index in [1.807, 2.05) is 43.3 Å². The molecular weight excluding hydrogens is 580 g/mol. The fraction of sp³-hybridized carbons (Fsp3) is 0.471. The SMILES string of the molecule is COCCCN1CCOc2ccc(CO[C@H]3CN(S(=O)(=O)c4ccc(C)cc4)C[C@@H](O)[C@@H]3c3ccc(CCOC)cc3)cc21. The normalized spacial score (nSPS) is 20.7. The molecule has 3 aromatic rings. The van der Waals surface area contributed by atoms with Crippen molar-refractivity contribution < 1.29 is 32.5 Å². The van der Waals surface area contributed by atoms with Gasteiger partial charge < -0.3 is 29.0 Å². The molecule has 0 radical (unpaired) electrons. The number of ether oxygens (including phenoxy) is 4. The van der Waals surface area contributed by atoms with Gasteiger partial charge in [-0.15, -0.1) is 0 Å². The highest BCUT2D eigenvalue weighted by Gasteiger charge is 2.42. The van der Waals surface area contributed by atoms with Gasteiger partial charge in [-0.05, 0) is 60.7 Å². The highest BCUT2D eigenvalue weighted by molar-refractivity contribution is 7.89. The minimum Gasteiger partial charge on any atom is -0.490 e. The number of methoxy groups -OCH3 is 2. The van der Waals surface area contributed by atoms with Crippen molar-refractivity contribution in [3.8, 4) is 5.75 Å². The predicted octanol–water partition coefficient (Wildman–Crippen LogP) is 4.15. The second-order valence-electron chi connectivity index (χ2n) is 11.5. The van der Waals surface area contributed by atoms with Crippen LogP contribution in [0.1, 0.15) is 34.6 Å². The first kappa shape index (κ1) is 32.4. The molecule has 44 heavy (non-hydrogen) atoms.